The number of unbranched alkanes of at least 4 members (excludes halogenated alkanes) is 3. The zero-order valence-corrected chi connectivity index (χ0v) is 13.6. The van der Waals surface area contributed by atoms with Crippen LogP contribution in [0.2, 0.25) is 0 Å². The summed E-state index contributed by atoms with van der Waals surface area (Å²) in [6.45, 7) is 6.54. The third kappa shape index (κ3) is 6.16. The molecule has 0 bridgehead atoms. The summed E-state index contributed by atoms with van der Waals surface area (Å²) in [5, 5.41) is 13.4. The van der Waals surface area contributed by atoms with Crippen LogP contribution in [0, 0.1) is 0 Å². The molecule has 1 unspecified atom stereocenters. The van der Waals surface area contributed by atoms with Gasteiger partial charge in [0.25, 0.3) is 0 Å². The van der Waals surface area contributed by atoms with Crippen LogP contribution < -0.4 is 5.32 Å². The van der Waals surface area contributed by atoms with Gasteiger partial charge in [-0.3, -0.25) is 0 Å². The van der Waals surface area contributed by atoms with Crippen molar-refractivity contribution >= 4 is 0 Å². The van der Waals surface area contributed by atoms with Crippen LogP contribution >= 0.6 is 0 Å². The van der Waals surface area contributed by atoms with Crippen molar-refractivity contribution in [3.8, 4) is 0 Å². The van der Waals surface area contributed by atoms with Gasteiger partial charge in [-0.2, -0.15) is 0 Å². The highest BCUT2D eigenvalue weighted by atomic mass is 16.5. The van der Waals surface area contributed by atoms with Gasteiger partial charge in [-0.25, -0.2) is 0 Å². The molecule has 21 heavy (non-hydrogen) atoms. The Labute approximate surface area is 129 Å². The van der Waals surface area contributed by atoms with Gasteiger partial charge in [-0.05, 0) is 24.9 Å². The van der Waals surface area contributed by atoms with Crippen molar-refractivity contribution in [1.82, 2.24) is 5.32 Å². The average molecular weight is 293 g/mol. The van der Waals surface area contributed by atoms with E-state index in [9.17, 15) is 5.11 Å². The number of hydrogen-bond donors (Lipinski definition) is 2. The van der Waals surface area contributed by atoms with Crippen LogP contribution in [0.5, 0.6) is 0 Å². The molecule has 0 amide bonds. The number of aliphatic hydroxyl groups excluding tert-OH is 1. The summed E-state index contributed by atoms with van der Waals surface area (Å²) < 4.78 is 5.87. The second kappa shape index (κ2) is 10.8. The quantitative estimate of drug-likeness (QED) is 0.580. The molecule has 3 heteroatoms. The van der Waals surface area contributed by atoms with Crippen molar-refractivity contribution in [2.24, 2.45) is 0 Å². The molecule has 1 aromatic carbocycles. The van der Waals surface area contributed by atoms with E-state index in [1.807, 2.05) is 18.2 Å². The van der Waals surface area contributed by atoms with Crippen molar-refractivity contribution < 1.29 is 9.84 Å². The summed E-state index contributed by atoms with van der Waals surface area (Å²) in [6, 6.07) is 10.1. The topological polar surface area (TPSA) is 41.5 Å². The lowest BCUT2D eigenvalue weighted by Crippen LogP contribution is -2.49. The first kappa shape index (κ1) is 18.1. The van der Waals surface area contributed by atoms with Crippen LogP contribution in [0.3, 0.4) is 0 Å². The molecule has 0 aliphatic carbocycles. The van der Waals surface area contributed by atoms with E-state index in [0.717, 1.165) is 31.6 Å². The van der Waals surface area contributed by atoms with Crippen LogP contribution in [-0.2, 0) is 10.3 Å². The normalized spacial score (nSPS) is 14.0. The third-order valence-corrected chi connectivity index (χ3v) is 3.80. The second-order valence-electron chi connectivity index (χ2n) is 5.65. The summed E-state index contributed by atoms with van der Waals surface area (Å²) in [4.78, 5) is 0. The summed E-state index contributed by atoms with van der Waals surface area (Å²) in [5.41, 5.74) is 0.608. The van der Waals surface area contributed by atoms with E-state index in [2.05, 4.69) is 31.3 Å². The Bertz CT molecular complexity index is 355. The number of hydrogen-bond acceptors (Lipinski definition) is 3. The van der Waals surface area contributed by atoms with E-state index in [-0.39, 0.29) is 6.61 Å². The third-order valence-electron chi connectivity index (χ3n) is 3.80. The average Bonchev–Trinajstić information content (AvgIpc) is 2.55. The van der Waals surface area contributed by atoms with Gasteiger partial charge in [0.1, 0.15) is 0 Å². The number of nitrogens with one attached hydrogen (secondary N) is 1. The first-order valence-electron chi connectivity index (χ1n) is 8.28. The van der Waals surface area contributed by atoms with E-state index in [1.54, 1.807) is 0 Å². The number of benzene rings is 1. The molecular formula is C18H31NO2. The zero-order chi connectivity index (χ0) is 15.4. The van der Waals surface area contributed by atoms with Gasteiger partial charge in [-0.1, -0.05) is 63.4 Å². The molecule has 1 atom stereocenters. The zero-order valence-electron chi connectivity index (χ0n) is 13.6. The Hall–Kier alpha value is -0.900. The number of rotatable bonds is 12. The minimum absolute atomic E-state index is 0.0476. The summed E-state index contributed by atoms with van der Waals surface area (Å²) in [5.74, 6) is 0. The van der Waals surface area contributed by atoms with Gasteiger partial charge in [0.15, 0.2) is 0 Å². The minimum atomic E-state index is -0.484. The monoisotopic (exact) mass is 293 g/mol. The maximum absolute atomic E-state index is 9.95. The van der Waals surface area contributed by atoms with Gasteiger partial charge in [0.05, 0.1) is 18.8 Å². The second-order valence-corrected chi connectivity index (χ2v) is 5.65. The molecule has 0 radical (unpaired) electrons. The molecule has 120 valence electrons. The Morgan fingerprint density at radius 1 is 1.05 bits per heavy atom. The number of ether oxygens (including phenoxy) is 1. The number of aliphatic hydroxyl groups is 1. The molecule has 1 aromatic rings. The predicted octanol–water partition coefficient (Wildman–Crippen LogP) is 3.47. The molecule has 3 nitrogen and oxygen atoms in total. The molecule has 0 aliphatic heterocycles. The highest BCUT2D eigenvalue weighted by Crippen LogP contribution is 2.21. The molecular weight excluding hydrogens is 262 g/mol. The highest BCUT2D eigenvalue weighted by molar-refractivity contribution is 5.25. The molecule has 0 aliphatic rings. The first-order valence-corrected chi connectivity index (χ1v) is 8.28. The summed E-state index contributed by atoms with van der Waals surface area (Å²) in [7, 11) is 0. The molecule has 2 N–H and O–H groups in total. The van der Waals surface area contributed by atoms with Crippen molar-refractivity contribution in [2.75, 3.05) is 26.4 Å². The summed E-state index contributed by atoms with van der Waals surface area (Å²) in [6.07, 6.45) is 5.85. The lowest BCUT2D eigenvalue weighted by atomic mass is 9.91. The first-order chi connectivity index (χ1) is 10.3. The van der Waals surface area contributed by atoms with Crippen molar-refractivity contribution in [3.05, 3.63) is 35.9 Å². The Kier molecular flexibility index (Phi) is 9.31. The Balaban J connectivity index is 2.59. The Morgan fingerprint density at radius 2 is 1.81 bits per heavy atom. The van der Waals surface area contributed by atoms with Gasteiger partial charge in [0, 0.05) is 6.61 Å². The van der Waals surface area contributed by atoms with E-state index in [0.29, 0.717) is 6.61 Å². The van der Waals surface area contributed by atoms with Crippen LogP contribution in [0.1, 0.15) is 51.5 Å². The molecule has 0 aromatic heterocycles. The fourth-order valence-corrected chi connectivity index (χ4v) is 2.43. The predicted molar refractivity (Wildman–Crippen MR) is 88.5 cm³/mol. The van der Waals surface area contributed by atoms with Crippen LogP contribution in [-0.4, -0.2) is 31.5 Å². The molecule has 0 fully saturated rings. The van der Waals surface area contributed by atoms with Crippen molar-refractivity contribution in [1.29, 1.82) is 0 Å². The highest BCUT2D eigenvalue weighted by Gasteiger charge is 2.31. The van der Waals surface area contributed by atoms with E-state index in [4.69, 9.17) is 4.74 Å². The lowest BCUT2D eigenvalue weighted by Gasteiger charge is -2.33. The van der Waals surface area contributed by atoms with Gasteiger partial charge >= 0.3 is 0 Å². The van der Waals surface area contributed by atoms with Crippen molar-refractivity contribution in [3.63, 3.8) is 0 Å². The largest absolute Gasteiger partial charge is 0.394 e. The molecule has 0 saturated heterocycles. The van der Waals surface area contributed by atoms with E-state index >= 15 is 0 Å². The van der Waals surface area contributed by atoms with Crippen LogP contribution in [0.15, 0.2) is 30.3 Å². The SMILES string of the molecule is CCCCCCOCC(CO)(NCCC)c1ccccc1. The fraction of sp³-hybridized carbons (Fsp3) is 0.667. The van der Waals surface area contributed by atoms with Crippen LogP contribution in [0.25, 0.3) is 0 Å². The fourth-order valence-electron chi connectivity index (χ4n) is 2.43. The van der Waals surface area contributed by atoms with Gasteiger partial charge in [-0.15, -0.1) is 0 Å². The maximum Gasteiger partial charge on any atom is 0.0905 e. The maximum atomic E-state index is 9.95. The van der Waals surface area contributed by atoms with E-state index in [1.165, 1.54) is 19.3 Å². The molecule has 0 saturated carbocycles. The standard InChI is InChI=1S/C18H31NO2/c1-3-5-6-10-14-21-16-18(15-20,19-13-4-2)17-11-8-7-9-12-17/h7-9,11-12,19-20H,3-6,10,13-16H2,1-2H3. The van der Waals surface area contributed by atoms with Gasteiger partial charge < -0.3 is 15.2 Å². The van der Waals surface area contributed by atoms with E-state index < -0.39 is 5.54 Å². The summed E-state index contributed by atoms with van der Waals surface area (Å²) >= 11 is 0. The molecule has 0 spiro atoms. The molecule has 0 heterocycles. The molecule has 1 rings (SSSR count). The minimum Gasteiger partial charge on any atom is -0.394 e. The lowest BCUT2D eigenvalue weighted by molar-refractivity contribution is 0.0319. The Morgan fingerprint density at radius 3 is 2.43 bits per heavy atom. The van der Waals surface area contributed by atoms with Crippen molar-refractivity contribution in [2.45, 2.75) is 51.5 Å². The smallest absolute Gasteiger partial charge is 0.0905 e. The van der Waals surface area contributed by atoms with Crippen LogP contribution in [0.4, 0.5) is 0 Å². The van der Waals surface area contributed by atoms with Gasteiger partial charge in [0.2, 0.25) is 0 Å².